The summed E-state index contributed by atoms with van der Waals surface area (Å²) in [6.45, 7) is 1.82. The lowest BCUT2D eigenvalue weighted by Crippen LogP contribution is -2.34. The van der Waals surface area contributed by atoms with Crippen LogP contribution in [0.1, 0.15) is 37.7 Å². The van der Waals surface area contributed by atoms with E-state index in [1.807, 2.05) is 0 Å². The van der Waals surface area contributed by atoms with Crippen LogP contribution in [0.4, 0.5) is 10.1 Å². The summed E-state index contributed by atoms with van der Waals surface area (Å²) in [5.74, 6) is -1.62. The molecule has 1 aromatic rings. The Bertz CT molecular complexity index is 665. The number of carbonyl (C=O) groups is 3. The topological polar surface area (TPSA) is 66.5 Å². The Kier molecular flexibility index (Phi) is 4.64. The molecule has 0 spiro atoms. The van der Waals surface area contributed by atoms with Gasteiger partial charge in [-0.15, -0.1) is 0 Å². The van der Waals surface area contributed by atoms with E-state index < -0.39 is 11.7 Å². The highest BCUT2D eigenvalue weighted by Gasteiger charge is 2.47. The Morgan fingerprint density at radius 3 is 2.42 bits per heavy atom. The van der Waals surface area contributed by atoms with Crippen molar-refractivity contribution >= 4 is 23.4 Å². The van der Waals surface area contributed by atoms with E-state index >= 15 is 0 Å². The molecule has 1 aliphatic carbocycles. The molecule has 1 saturated heterocycles. The van der Waals surface area contributed by atoms with Gasteiger partial charge in [-0.1, -0.05) is 18.9 Å². The average molecular weight is 332 g/mol. The monoisotopic (exact) mass is 332 g/mol. The summed E-state index contributed by atoms with van der Waals surface area (Å²) in [5, 5.41) is 2.49. The Hall–Kier alpha value is -2.24. The van der Waals surface area contributed by atoms with Gasteiger partial charge in [-0.3, -0.25) is 19.3 Å². The summed E-state index contributed by atoms with van der Waals surface area (Å²) in [6.07, 6.45) is 3.44. The molecule has 2 aliphatic rings. The van der Waals surface area contributed by atoms with Gasteiger partial charge in [0, 0.05) is 13.0 Å². The standard InChI is InChI=1S/C18H21FN2O3/c1-11-6-7-15(14(19)10-11)20-16(22)8-9-21-17(23)12-4-2-3-5-13(12)18(21)24/h6-7,10,12-13H,2-5,8-9H2,1H3,(H,20,22). The lowest BCUT2D eigenvalue weighted by molar-refractivity contribution is -0.140. The first kappa shape index (κ1) is 16.6. The van der Waals surface area contributed by atoms with Gasteiger partial charge < -0.3 is 5.32 Å². The van der Waals surface area contributed by atoms with Gasteiger partial charge in [0.1, 0.15) is 5.82 Å². The number of imide groups is 1. The van der Waals surface area contributed by atoms with Crippen molar-refractivity contribution < 1.29 is 18.8 Å². The van der Waals surface area contributed by atoms with Crippen LogP contribution in [0, 0.1) is 24.6 Å². The van der Waals surface area contributed by atoms with Crippen molar-refractivity contribution in [3.05, 3.63) is 29.6 Å². The second kappa shape index (κ2) is 6.71. The van der Waals surface area contributed by atoms with Crippen molar-refractivity contribution in [3.8, 4) is 0 Å². The molecule has 1 aromatic carbocycles. The maximum Gasteiger partial charge on any atom is 0.233 e. The molecule has 2 atom stereocenters. The second-order valence-electron chi connectivity index (χ2n) is 6.61. The molecule has 0 radical (unpaired) electrons. The molecular formula is C18H21FN2O3. The van der Waals surface area contributed by atoms with Gasteiger partial charge in [0.05, 0.1) is 17.5 Å². The van der Waals surface area contributed by atoms with Gasteiger partial charge in [-0.25, -0.2) is 4.39 Å². The van der Waals surface area contributed by atoms with Crippen molar-refractivity contribution in [2.24, 2.45) is 11.8 Å². The van der Waals surface area contributed by atoms with E-state index in [0.717, 1.165) is 31.2 Å². The van der Waals surface area contributed by atoms with Crippen LogP contribution in [0.15, 0.2) is 18.2 Å². The molecule has 1 aliphatic heterocycles. The minimum Gasteiger partial charge on any atom is -0.324 e. The molecule has 2 fully saturated rings. The number of hydrogen-bond acceptors (Lipinski definition) is 3. The first-order valence-electron chi connectivity index (χ1n) is 8.38. The first-order chi connectivity index (χ1) is 11.5. The Balaban J connectivity index is 1.58. The van der Waals surface area contributed by atoms with Crippen LogP contribution in [0.5, 0.6) is 0 Å². The first-order valence-corrected chi connectivity index (χ1v) is 8.38. The van der Waals surface area contributed by atoms with Crippen LogP contribution < -0.4 is 5.32 Å². The van der Waals surface area contributed by atoms with Crippen molar-refractivity contribution in [1.29, 1.82) is 0 Å². The van der Waals surface area contributed by atoms with Gasteiger partial charge >= 0.3 is 0 Å². The number of anilines is 1. The Morgan fingerprint density at radius 1 is 1.21 bits per heavy atom. The number of nitrogens with zero attached hydrogens (tertiary/aromatic N) is 1. The van der Waals surface area contributed by atoms with Crippen LogP contribution in [0.3, 0.4) is 0 Å². The third-order valence-electron chi connectivity index (χ3n) is 4.89. The van der Waals surface area contributed by atoms with E-state index in [1.54, 1.807) is 13.0 Å². The highest BCUT2D eigenvalue weighted by Crippen LogP contribution is 2.37. The van der Waals surface area contributed by atoms with Crippen molar-refractivity contribution in [2.45, 2.75) is 39.0 Å². The highest BCUT2D eigenvalue weighted by molar-refractivity contribution is 6.05. The summed E-state index contributed by atoms with van der Waals surface area (Å²) in [7, 11) is 0. The summed E-state index contributed by atoms with van der Waals surface area (Å²) in [5.41, 5.74) is 0.875. The van der Waals surface area contributed by atoms with Gasteiger partial charge in [0.25, 0.3) is 0 Å². The van der Waals surface area contributed by atoms with E-state index in [0.29, 0.717) is 0 Å². The van der Waals surface area contributed by atoms with Crippen molar-refractivity contribution in [1.82, 2.24) is 4.90 Å². The molecule has 0 aromatic heterocycles. The predicted molar refractivity (Wildman–Crippen MR) is 86.6 cm³/mol. The smallest absolute Gasteiger partial charge is 0.233 e. The van der Waals surface area contributed by atoms with E-state index in [1.165, 1.54) is 17.0 Å². The SMILES string of the molecule is Cc1ccc(NC(=O)CCN2C(=O)C3CCCCC3C2=O)c(F)c1. The summed E-state index contributed by atoms with van der Waals surface area (Å²) < 4.78 is 13.7. The number of halogens is 1. The molecule has 3 amide bonds. The highest BCUT2D eigenvalue weighted by atomic mass is 19.1. The number of amides is 3. The maximum atomic E-state index is 13.7. The van der Waals surface area contributed by atoms with Crippen LogP contribution >= 0.6 is 0 Å². The molecule has 1 saturated carbocycles. The molecule has 1 N–H and O–H groups in total. The molecule has 128 valence electrons. The quantitative estimate of drug-likeness (QED) is 0.862. The fraction of sp³-hybridized carbons (Fsp3) is 0.500. The van der Waals surface area contributed by atoms with E-state index in [9.17, 15) is 18.8 Å². The maximum absolute atomic E-state index is 13.7. The van der Waals surface area contributed by atoms with Crippen LogP contribution in [-0.2, 0) is 14.4 Å². The molecule has 5 nitrogen and oxygen atoms in total. The number of hydrogen-bond donors (Lipinski definition) is 1. The van der Waals surface area contributed by atoms with Gasteiger partial charge in [-0.2, -0.15) is 0 Å². The number of aryl methyl sites for hydroxylation is 1. The summed E-state index contributed by atoms with van der Waals surface area (Å²) in [6, 6.07) is 4.55. The lowest BCUT2D eigenvalue weighted by atomic mass is 9.81. The zero-order valence-electron chi connectivity index (χ0n) is 13.7. The number of nitrogens with one attached hydrogen (secondary N) is 1. The normalized spacial score (nSPS) is 23.3. The van der Waals surface area contributed by atoms with Crippen LogP contribution in [0.2, 0.25) is 0 Å². The fourth-order valence-electron chi connectivity index (χ4n) is 3.60. The van der Waals surface area contributed by atoms with E-state index in [-0.39, 0.29) is 42.3 Å². The molecule has 6 heteroatoms. The lowest BCUT2D eigenvalue weighted by Gasteiger charge is -2.19. The molecule has 1 heterocycles. The van der Waals surface area contributed by atoms with Gasteiger partial charge in [0.15, 0.2) is 0 Å². The minimum atomic E-state index is -0.498. The van der Waals surface area contributed by atoms with E-state index in [4.69, 9.17) is 0 Å². The van der Waals surface area contributed by atoms with Crippen LogP contribution in [-0.4, -0.2) is 29.2 Å². The third-order valence-corrected chi connectivity index (χ3v) is 4.89. The molecular weight excluding hydrogens is 311 g/mol. The molecule has 3 rings (SSSR count). The van der Waals surface area contributed by atoms with Crippen molar-refractivity contribution in [2.75, 3.05) is 11.9 Å². The summed E-state index contributed by atoms with van der Waals surface area (Å²) >= 11 is 0. The zero-order valence-corrected chi connectivity index (χ0v) is 13.7. The molecule has 0 bridgehead atoms. The Labute approximate surface area is 140 Å². The summed E-state index contributed by atoms with van der Waals surface area (Å²) in [4.78, 5) is 37.9. The fourth-order valence-corrected chi connectivity index (χ4v) is 3.60. The number of likely N-dealkylation sites (tertiary alicyclic amines) is 1. The van der Waals surface area contributed by atoms with Crippen LogP contribution in [0.25, 0.3) is 0 Å². The number of rotatable bonds is 4. The average Bonchev–Trinajstić information content (AvgIpc) is 2.80. The minimum absolute atomic E-state index is 0.0236. The predicted octanol–water partition coefficient (Wildman–Crippen LogP) is 2.64. The number of benzene rings is 1. The van der Waals surface area contributed by atoms with E-state index in [2.05, 4.69) is 5.32 Å². The molecule has 2 unspecified atom stereocenters. The second-order valence-corrected chi connectivity index (χ2v) is 6.61. The number of carbonyl (C=O) groups excluding carboxylic acids is 3. The third kappa shape index (κ3) is 3.18. The van der Waals surface area contributed by atoms with Gasteiger partial charge in [-0.05, 0) is 37.5 Å². The zero-order chi connectivity index (χ0) is 17.3. The number of fused-ring (bicyclic) bond motifs is 1. The van der Waals surface area contributed by atoms with Crippen molar-refractivity contribution in [3.63, 3.8) is 0 Å². The Morgan fingerprint density at radius 2 is 1.83 bits per heavy atom. The molecule has 24 heavy (non-hydrogen) atoms. The van der Waals surface area contributed by atoms with Gasteiger partial charge in [0.2, 0.25) is 17.7 Å². The largest absolute Gasteiger partial charge is 0.324 e.